The van der Waals surface area contributed by atoms with Crippen LogP contribution in [0.5, 0.6) is 11.5 Å². The summed E-state index contributed by atoms with van der Waals surface area (Å²) in [6.07, 6.45) is 2.50. The second kappa shape index (κ2) is 9.18. The van der Waals surface area contributed by atoms with E-state index in [1.54, 1.807) is 0 Å². The molecule has 6 heteroatoms. The Hall–Kier alpha value is -1.79. The van der Waals surface area contributed by atoms with Gasteiger partial charge in [-0.3, -0.25) is 4.79 Å². The van der Waals surface area contributed by atoms with Crippen molar-refractivity contribution in [3.63, 3.8) is 0 Å². The molecule has 0 bridgehead atoms. The first kappa shape index (κ1) is 17.2. The number of carboxylic acid groups (broad SMARTS) is 1. The molecule has 1 rings (SSSR count). The van der Waals surface area contributed by atoms with E-state index in [1.165, 1.54) is 31.0 Å². The number of hydrogen-bond donors (Lipinski definition) is 5. The fourth-order valence-electron chi connectivity index (χ4n) is 1.24. The van der Waals surface area contributed by atoms with E-state index in [2.05, 4.69) is 6.92 Å². The normalized spacial score (nSPS) is 11.3. The average molecular weight is 270 g/mol. The summed E-state index contributed by atoms with van der Waals surface area (Å²) in [5, 5.41) is 26.6. The van der Waals surface area contributed by atoms with Crippen molar-refractivity contribution in [1.29, 1.82) is 0 Å². The SMILES string of the molecule is CCCCN.NC(Cc1ccc(O)c(O)c1)C(=O)O. The monoisotopic (exact) mass is 270 g/mol. The average Bonchev–Trinajstić information content (AvgIpc) is 2.35. The molecule has 0 aliphatic heterocycles. The Morgan fingerprint density at radius 1 is 1.32 bits per heavy atom. The highest BCUT2D eigenvalue weighted by Gasteiger charge is 2.12. The molecular weight excluding hydrogens is 248 g/mol. The molecule has 0 aliphatic carbocycles. The van der Waals surface area contributed by atoms with E-state index in [1.807, 2.05) is 0 Å². The number of phenolic OH excluding ortho intramolecular Hbond substituents is 2. The van der Waals surface area contributed by atoms with Crippen LogP contribution in [0.25, 0.3) is 0 Å². The first-order chi connectivity index (χ1) is 8.92. The standard InChI is InChI=1S/C9H11NO4.C4H11N/c10-6(9(13)14)3-5-1-2-7(11)8(12)4-5;1-2-3-4-5/h1-2,4,6,11-12H,3,10H2,(H,13,14);2-5H2,1H3. The van der Waals surface area contributed by atoms with Crippen LogP contribution in [-0.4, -0.2) is 33.9 Å². The summed E-state index contributed by atoms with van der Waals surface area (Å²) in [6, 6.07) is 3.09. The third-order valence-corrected chi connectivity index (χ3v) is 2.37. The number of hydrogen-bond acceptors (Lipinski definition) is 5. The minimum atomic E-state index is -1.10. The molecule has 6 nitrogen and oxygen atoms in total. The van der Waals surface area contributed by atoms with Crippen LogP contribution in [0.2, 0.25) is 0 Å². The Kier molecular flexibility index (Phi) is 8.32. The molecule has 0 amide bonds. The Morgan fingerprint density at radius 2 is 1.95 bits per heavy atom. The number of nitrogens with two attached hydrogens (primary N) is 2. The molecule has 1 aromatic carbocycles. The molecule has 0 fully saturated rings. The van der Waals surface area contributed by atoms with E-state index in [9.17, 15) is 4.79 Å². The quantitative estimate of drug-likeness (QED) is 0.503. The highest BCUT2D eigenvalue weighted by atomic mass is 16.4. The van der Waals surface area contributed by atoms with Crippen molar-refractivity contribution in [2.45, 2.75) is 32.2 Å². The number of unbranched alkanes of at least 4 members (excludes halogenated alkanes) is 1. The first-order valence-corrected chi connectivity index (χ1v) is 6.11. The number of carboxylic acids is 1. The number of benzene rings is 1. The number of aliphatic carboxylic acids is 1. The lowest BCUT2D eigenvalue weighted by Gasteiger charge is -2.06. The van der Waals surface area contributed by atoms with Crippen molar-refractivity contribution in [3.05, 3.63) is 23.8 Å². The van der Waals surface area contributed by atoms with Gasteiger partial charge in [-0.15, -0.1) is 0 Å². The number of phenols is 2. The van der Waals surface area contributed by atoms with Gasteiger partial charge in [0, 0.05) is 0 Å². The first-order valence-electron chi connectivity index (χ1n) is 6.11. The molecule has 19 heavy (non-hydrogen) atoms. The summed E-state index contributed by atoms with van der Waals surface area (Å²) >= 11 is 0. The van der Waals surface area contributed by atoms with Crippen LogP contribution >= 0.6 is 0 Å². The highest BCUT2D eigenvalue weighted by molar-refractivity contribution is 5.73. The van der Waals surface area contributed by atoms with Gasteiger partial charge in [0.05, 0.1) is 0 Å². The zero-order chi connectivity index (χ0) is 14.8. The summed E-state index contributed by atoms with van der Waals surface area (Å²) in [6.45, 7) is 2.98. The molecule has 0 saturated heterocycles. The second-order valence-electron chi connectivity index (χ2n) is 4.11. The van der Waals surface area contributed by atoms with Crippen LogP contribution in [0.4, 0.5) is 0 Å². The molecule has 0 aromatic heterocycles. The van der Waals surface area contributed by atoms with E-state index in [4.69, 9.17) is 26.8 Å². The Morgan fingerprint density at radius 3 is 2.32 bits per heavy atom. The number of rotatable bonds is 5. The van der Waals surface area contributed by atoms with E-state index in [0.29, 0.717) is 5.56 Å². The van der Waals surface area contributed by atoms with Gasteiger partial charge in [-0.1, -0.05) is 19.4 Å². The van der Waals surface area contributed by atoms with Gasteiger partial charge in [-0.05, 0) is 37.1 Å². The zero-order valence-electron chi connectivity index (χ0n) is 11.0. The summed E-state index contributed by atoms with van der Waals surface area (Å²) in [5.74, 6) is -1.62. The summed E-state index contributed by atoms with van der Waals surface area (Å²) < 4.78 is 0. The predicted octanol–water partition coefficient (Wildman–Crippen LogP) is 0.797. The maximum atomic E-state index is 10.4. The summed E-state index contributed by atoms with van der Waals surface area (Å²) in [5.41, 5.74) is 11.0. The topological polar surface area (TPSA) is 130 Å². The zero-order valence-corrected chi connectivity index (χ0v) is 11.0. The maximum absolute atomic E-state index is 10.4. The molecular formula is C13H22N2O4. The molecule has 0 spiro atoms. The Bertz CT molecular complexity index is 394. The molecule has 0 heterocycles. The van der Waals surface area contributed by atoms with E-state index < -0.39 is 12.0 Å². The van der Waals surface area contributed by atoms with E-state index in [-0.39, 0.29) is 17.9 Å². The van der Waals surface area contributed by atoms with Crippen LogP contribution in [-0.2, 0) is 11.2 Å². The predicted molar refractivity (Wildman–Crippen MR) is 73.0 cm³/mol. The van der Waals surface area contributed by atoms with E-state index in [0.717, 1.165) is 6.54 Å². The van der Waals surface area contributed by atoms with Gasteiger partial charge < -0.3 is 26.8 Å². The van der Waals surface area contributed by atoms with E-state index >= 15 is 0 Å². The minimum absolute atomic E-state index is 0.114. The van der Waals surface area contributed by atoms with Crippen molar-refractivity contribution in [2.75, 3.05) is 6.54 Å². The third kappa shape index (κ3) is 7.28. The van der Waals surface area contributed by atoms with Gasteiger partial charge in [0.15, 0.2) is 11.5 Å². The van der Waals surface area contributed by atoms with Crippen molar-refractivity contribution < 1.29 is 20.1 Å². The smallest absolute Gasteiger partial charge is 0.320 e. The maximum Gasteiger partial charge on any atom is 0.320 e. The minimum Gasteiger partial charge on any atom is -0.504 e. The molecule has 0 saturated carbocycles. The van der Waals surface area contributed by atoms with Gasteiger partial charge >= 0.3 is 5.97 Å². The van der Waals surface area contributed by atoms with Gasteiger partial charge in [-0.25, -0.2) is 0 Å². The number of aromatic hydroxyl groups is 2. The molecule has 1 unspecified atom stereocenters. The van der Waals surface area contributed by atoms with Gasteiger partial charge in [-0.2, -0.15) is 0 Å². The van der Waals surface area contributed by atoms with Gasteiger partial charge in [0.25, 0.3) is 0 Å². The van der Waals surface area contributed by atoms with Crippen molar-refractivity contribution in [1.82, 2.24) is 0 Å². The van der Waals surface area contributed by atoms with Crippen molar-refractivity contribution in [3.8, 4) is 11.5 Å². The molecule has 7 N–H and O–H groups in total. The molecule has 0 radical (unpaired) electrons. The largest absolute Gasteiger partial charge is 0.504 e. The molecule has 1 atom stereocenters. The molecule has 108 valence electrons. The van der Waals surface area contributed by atoms with Crippen LogP contribution in [0.3, 0.4) is 0 Å². The summed E-state index contributed by atoms with van der Waals surface area (Å²) in [4.78, 5) is 10.4. The van der Waals surface area contributed by atoms with Crippen LogP contribution in [0.15, 0.2) is 18.2 Å². The van der Waals surface area contributed by atoms with Crippen molar-refractivity contribution in [2.24, 2.45) is 11.5 Å². The fraction of sp³-hybridized carbons (Fsp3) is 0.462. The molecule has 0 aliphatic rings. The Balaban J connectivity index is 0.000000555. The summed E-state index contributed by atoms with van der Waals surface area (Å²) in [7, 11) is 0. The van der Waals surface area contributed by atoms with Gasteiger partial charge in [0.2, 0.25) is 0 Å². The van der Waals surface area contributed by atoms with Crippen LogP contribution in [0.1, 0.15) is 25.3 Å². The van der Waals surface area contributed by atoms with Gasteiger partial charge in [0.1, 0.15) is 6.04 Å². The molecule has 1 aromatic rings. The third-order valence-electron chi connectivity index (χ3n) is 2.37. The lowest BCUT2D eigenvalue weighted by molar-refractivity contribution is -0.138. The highest BCUT2D eigenvalue weighted by Crippen LogP contribution is 2.25. The fourth-order valence-corrected chi connectivity index (χ4v) is 1.24. The van der Waals surface area contributed by atoms with Crippen LogP contribution < -0.4 is 11.5 Å². The second-order valence-corrected chi connectivity index (χ2v) is 4.11. The lowest BCUT2D eigenvalue weighted by Crippen LogP contribution is -2.32. The Labute approximate surface area is 112 Å². The number of carbonyl (C=O) groups is 1. The van der Waals surface area contributed by atoms with Crippen LogP contribution in [0, 0.1) is 0 Å². The van der Waals surface area contributed by atoms with Crippen molar-refractivity contribution >= 4 is 5.97 Å². The lowest BCUT2D eigenvalue weighted by atomic mass is 10.1.